The van der Waals surface area contributed by atoms with E-state index >= 15 is 0 Å². The van der Waals surface area contributed by atoms with Gasteiger partial charge in [-0.25, -0.2) is 0 Å². The van der Waals surface area contributed by atoms with Gasteiger partial charge in [-0.3, -0.25) is 9.59 Å². The highest BCUT2D eigenvalue weighted by molar-refractivity contribution is 6.31. The quantitative estimate of drug-likeness (QED) is 0.673. The molecule has 0 saturated carbocycles. The number of fused-ring (bicyclic) bond motifs is 5. The number of benzene rings is 1. The monoisotopic (exact) mass is 220 g/mol. The summed E-state index contributed by atoms with van der Waals surface area (Å²) in [4.78, 5) is 24.7. The molecule has 0 spiro atoms. The molecule has 0 atom stereocenters. The SMILES string of the molecule is O=C1C2=C(C(=O)c3ccccc31)C1=CC=C2C1. The Bertz CT molecular complexity index is 640. The normalized spacial score (nSPS) is 20.2. The molecule has 1 aromatic rings. The largest absolute Gasteiger partial charge is 0.289 e. The van der Waals surface area contributed by atoms with Crippen molar-refractivity contribution in [2.45, 2.75) is 6.42 Å². The van der Waals surface area contributed by atoms with Gasteiger partial charge in [-0.2, -0.15) is 0 Å². The van der Waals surface area contributed by atoms with Crippen molar-refractivity contribution in [3.8, 4) is 0 Å². The van der Waals surface area contributed by atoms with Crippen LogP contribution in [0.4, 0.5) is 0 Å². The van der Waals surface area contributed by atoms with Gasteiger partial charge in [0.25, 0.3) is 0 Å². The maximum atomic E-state index is 12.4. The molecule has 80 valence electrons. The molecule has 3 aliphatic rings. The maximum absolute atomic E-state index is 12.4. The number of carbonyl (C=O) groups is 2. The fourth-order valence-corrected chi connectivity index (χ4v) is 2.86. The lowest BCUT2D eigenvalue weighted by Gasteiger charge is -2.18. The van der Waals surface area contributed by atoms with Gasteiger partial charge in [-0.05, 0) is 17.6 Å². The van der Waals surface area contributed by atoms with Crippen LogP contribution in [0.15, 0.2) is 58.7 Å². The topological polar surface area (TPSA) is 34.1 Å². The summed E-state index contributed by atoms with van der Waals surface area (Å²) in [5, 5.41) is 0. The van der Waals surface area contributed by atoms with Crippen LogP contribution in [0.5, 0.6) is 0 Å². The van der Waals surface area contributed by atoms with E-state index in [1.807, 2.05) is 12.2 Å². The molecule has 0 N–H and O–H groups in total. The molecular weight excluding hydrogens is 212 g/mol. The first-order chi connectivity index (χ1) is 8.27. The predicted molar refractivity (Wildman–Crippen MR) is 62.9 cm³/mol. The van der Waals surface area contributed by atoms with E-state index in [1.54, 1.807) is 24.3 Å². The number of carbonyl (C=O) groups excluding carboxylic acids is 2. The van der Waals surface area contributed by atoms with Crippen LogP contribution >= 0.6 is 0 Å². The smallest absolute Gasteiger partial charge is 0.194 e. The molecule has 2 heteroatoms. The fraction of sp³-hybridized carbons (Fsp3) is 0.0667. The highest BCUT2D eigenvalue weighted by atomic mass is 16.1. The number of allylic oxidation sites excluding steroid dienone is 6. The average Bonchev–Trinajstić information content (AvgIpc) is 2.96. The van der Waals surface area contributed by atoms with E-state index in [4.69, 9.17) is 0 Å². The zero-order valence-corrected chi connectivity index (χ0v) is 8.99. The minimum absolute atomic E-state index is 0.00421. The molecule has 0 saturated heterocycles. The van der Waals surface area contributed by atoms with E-state index in [1.165, 1.54) is 0 Å². The molecule has 2 bridgehead atoms. The van der Waals surface area contributed by atoms with Crippen molar-refractivity contribution in [1.29, 1.82) is 0 Å². The molecule has 0 radical (unpaired) electrons. The Morgan fingerprint density at radius 1 is 0.765 bits per heavy atom. The van der Waals surface area contributed by atoms with Gasteiger partial charge < -0.3 is 0 Å². The zero-order chi connectivity index (χ0) is 11.6. The summed E-state index contributed by atoms with van der Waals surface area (Å²) >= 11 is 0. The summed E-state index contributed by atoms with van der Waals surface area (Å²) in [5.41, 5.74) is 4.39. The van der Waals surface area contributed by atoms with Gasteiger partial charge in [0.15, 0.2) is 11.6 Å². The van der Waals surface area contributed by atoms with Crippen LogP contribution in [0.25, 0.3) is 0 Å². The minimum Gasteiger partial charge on any atom is -0.289 e. The van der Waals surface area contributed by atoms with Crippen LogP contribution in [-0.2, 0) is 0 Å². The van der Waals surface area contributed by atoms with Crippen LogP contribution < -0.4 is 0 Å². The molecule has 3 aliphatic carbocycles. The molecule has 2 nitrogen and oxygen atoms in total. The third-order valence-corrected chi connectivity index (χ3v) is 3.63. The summed E-state index contributed by atoms with van der Waals surface area (Å²) in [5.74, 6) is 0.00843. The van der Waals surface area contributed by atoms with E-state index in [0.717, 1.165) is 17.6 Å². The van der Waals surface area contributed by atoms with Crippen molar-refractivity contribution in [2.75, 3.05) is 0 Å². The molecule has 0 heterocycles. The van der Waals surface area contributed by atoms with E-state index in [0.29, 0.717) is 22.3 Å². The van der Waals surface area contributed by atoms with Gasteiger partial charge in [0.1, 0.15) is 0 Å². The number of hydrogen-bond donors (Lipinski definition) is 0. The average molecular weight is 220 g/mol. The summed E-state index contributed by atoms with van der Waals surface area (Å²) < 4.78 is 0. The first-order valence-corrected chi connectivity index (χ1v) is 5.60. The van der Waals surface area contributed by atoms with Gasteiger partial charge in [-0.15, -0.1) is 0 Å². The van der Waals surface area contributed by atoms with E-state index in [-0.39, 0.29) is 11.6 Å². The number of hydrogen-bond acceptors (Lipinski definition) is 2. The Kier molecular flexibility index (Phi) is 1.42. The molecule has 0 aromatic heterocycles. The van der Waals surface area contributed by atoms with Crippen LogP contribution in [0.1, 0.15) is 27.1 Å². The summed E-state index contributed by atoms with van der Waals surface area (Å²) in [6.45, 7) is 0. The molecule has 4 rings (SSSR count). The minimum atomic E-state index is 0.00421. The maximum Gasteiger partial charge on any atom is 0.194 e. The predicted octanol–water partition coefficient (Wildman–Crippen LogP) is 2.63. The van der Waals surface area contributed by atoms with Crippen molar-refractivity contribution in [3.05, 3.63) is 69.8 Å². The lowest BCUT2D eigenvalue weighted by Crippen LogP contribution is -2.21. The molecule has 0 amide bonds. The number of Topliss-reactive ketones (excluding diaryl/α,β-unsaturated/α-hetero) is 2. The highest BCUT2D eigenvalue weighted by Gasteiger charge is 2.40. The van der Waals surface area contributed by atoms with Crippen LogP contribution in [0.2, 0.25) is 0 Å². The summed E-state index contributed by atoms with van der Waals surface area (Å²) in [6, 6.07) is 7.08. The third-order valence-electron chi connectivity index (χ3n) is 3.63. The lowest BCUT2D eigenvalue weighted by molar-refractivity contribution is 0.0980. The standard InChI is InChI=1S/C15H8O2/c16-14-10-3-1-2-4-11(10)15(17)13-9-6-5-8(7-9)12(13)14/h1-6H,7H2. The van der Waals surface area contributed by atoms with Gasteiger partial charge in [0.2, 0.25) is 0 Å². The molecular formula is C15H8O2. The van der Waals surface area contributed by atoms with Crippen LogP contribution in [0, 0.1) is 0 Å². The van der Waals surface area contributed by atoms with Gasteiger partial charge in [0, 0.05) is 22.3 Å². The molecule has 0 unspecified atom stereocenters. The van der Waals surface area contributed by atoms with E-state index in [2.05, 4.69) is 0 Å². The van der Waals surface area contributed by atoms with Crippen molar-refractivity contribution in [2.24, 2.45) is 0 Å². The van der Waals surface area contributed by atoms with Crippen LogP contribution in [0.3, 0.4) is 0 Å². The molecule has 0 fully saturated rings. The first kappa shape index (κ1) is 8.88. The second-order valence-electron chi connectivity index (χ2n) is 4.51. The van der Waals surface area contributed by atoms with Crippen LogP contribution in [-0.4, -0.2) is 11.6 Å². The highest BCUT2D eigenvalue weighted by Crippen LogP contribution is 2.45. The summed E-state index contributed by atoms with van der Waals surface area (Å²) in [6.07, 6.45) is 4.65. The second-order valence-corrected chi connectivity index (χ2v) is 4.51. The number of rotatable bonds is 0. The van der Waals surface area contributed by atoms with Crippen molar-refractivity contribution >= 4 is 11.6 Å². The molecule has 1 aromatic carbocycles. The van der Waals surface area contributed by atoms with Crippen molar-refractivity contribution in [1.82, 2.24) is 0 Å². The number of ketones is 2. The van der Waals surface area contributed by atoms with Crippen molar-refractivity contribution < 1.29 is 9.59 Å². The van der Waals surface area contributed by atoms with E-state index < -0.39 is 0 Å². The van der Waals surface area contributed by atoms with E-state index in [9.17, 15) is 9.59 Å². The first-order valence-electron chi connectivity index (χ1n) is 5.60. The Labute approximate surface area is 98.0 Å². The Balaban J connectivity index is 2.07. The third kappa shape index (κ3) is 0.912. The Hall–Kier alpha value is -2.22. The molecule has 0 aliphatic heterocycles. The summed E-state index contributed by atoms with van der Waals surface area (Å²) in [7, 11) is 0. The second kappa shape index (κ2) is 2.72. The van der Waals surface area contributed by atoms with Crippen molar-refractivity contribution in [3.63, 3.8) is 0 Å². The van der Waals surface area contributed by atoms with Gasteiger partial charge >= 0.3 is 0 Å². The molecule has 17 heavy (non-hydrogen) atoms. The van der Waals surface area contributed by atoms with Gasteiger partial charge in [-0.1, -0.05) is 36.4 Å². The Morgan fingerprint density at radius 2 is 1.24 bits per heavy atom. The van der Waals surface area contributed by atoms with Gasteiger partial charge in [0.05, 0.1) is 0 Å². The Morgan fingerprint density at radius 3 is 1.71 bits per heavy atom. The fourth-order valence-electron chi connectivity index (χ4n) is 2.86. The lowest BCUT2D eigenvalue weighted by atomic mass is 9.82. The zero-order valence-electron chi connectivity index (χ0n) is 8.99.